The second-order valence-electron chi connectivity index (χ2n) is 8.09. The molecule has 0 aliphatic carbocycles. The number of carbonyl (C=O) groups excluding carboxylic acids is 1. The number of rotatable bonds is 7. The van der Waals surface area contributed by atoms with Gasteiger partial charge in [0.05, 0.1) is 0 Å². The highest BCUT2D eigenvalue weighted by atomic mass is 35.5. The van der Waals surface area contributed by atoms with Crippen molar-refractivity contribution in [1.82, 2.24) is 4.57 Å². The van der Waals surface area contributed by atoms with Crippen molar-refractivity contribution in [1.29, 1.82) is 0 Å². The van der Waals surface area contributed by atoms with Crippen LogP contribution in [0.4, 0.5) is 10.1 Å². The number of amides is 1. The number of anilines is 1. The van der Waals surface area contributed by atoms with Gasteiger partial charge in [-0.2, -0.15) is 0 Å². The van der Waals surface area contributed by atoms with Crippen molar-refractivity contribution in [2.24, 2.45) is 0 Å². The Bertz CT molecular complexity index is 1260. The Kier molecular flexibility index (Phi) is 6.61. The summed E-state index contributed by atoms with van der Waals surface area (Å²) in [6.07, 6.45) is 1.74. The van der Waals surface area contributed by atoms with Gasteiger partial charge in [0.25, 0.3) is 5.91 Å². The summed E-state index contributed by atoms with van der Waals surface area (Å²) in [6, 6.07) is 20.1. The lowest BCUT2D eigenvalue weighted by Crippen LogP contribution is -2.11. The molecule has 1 amide bonds. The van der Waals surface area contributed by atoms with Crippen molar-refractivity contribution < 1.29 is 9.18 Å². The van der Waals surface area contributed by atoms with Gasteiger partial charge in [-0.3, -0.25) is 4.79 Å². The Labute approximate surface area is 192 Å². The molecule has 0 saturated carbocycles. The monoisotopic (exact) mass is 448 g/mol. The number of nitrogens with zero attached hydrogens (tertiary/aromatic N) is 1. The van der Waals surface area contributed by atoms with E-state index in [-0.39, 0.29) is 11.7 Å². The maximum Gasteiger partial charge on any atom is 0.255 e. The third-order valence-corrected chi connectivity index (χ3v) is 6.19. The van der Waals surface area contributed by atoms with Crippen LogP contribution in [0.25, 0.3) is 10.9 Å². The number of aryl methyl sites for hydroxylation is 2. The molecule has 0 fully saturated rings. The van der Waals surface area contributed by atoms with Gasteiger partial charge in [-0.15, -0.1) is 11.6 Å². The average Bonchev–Trinajstić information content (AvgIpc) is 3.02. The van der Waals surface area contributed by atoms with E-state index >= 15 is 0 Å². The number of fused-ring (bicyclic) bond motifs is 1. The lowest BCUT2D eigenvalue weighted by atomic mass is 10.0. The largest absolute Gasteiger partial charge is 0.345 e. The van der Waals surface area contributed by atoms with Crippen LogP contribution in [0.1, 0.15) is 39.2 Å². The van der Waals surface area contributed by atoms with Crippen LogP contribution in [0.2, 0.25) is 0 Å². The zero-order valence-corrected chi connectivity index (χ0v) is 19.0. The lowest BCUT2D eigenvalue weighted by Gasteiger charge is -2.08. The molecule has 32 heavy (non-hydrogen) atoms. The number of halogens is 2. The normalized spacial score (nSPS) is 11.1. The summed E-state index contributed by atoms with van der Waals surface area (Å²) in [5, 5.41) is 4.01. The van der Waals surface area contributed by atoms with Gasteiger partial charge in [0.1, 0.15) is 5.82 Å². The zero-order valence-electron chi connectivity index (χ0n) is 18.3. The van der Waals surface area contributed by atoms with Crippen molar-refractivity contribution in [2.75, 3.05) is 11.2 Å². The average molecular weight is 449 g/mol. The molecule has 4 rings (SSSR count). The fourth-order valence-corrected chi connectivity index (χ4v) is 4.21. The molecule has 0 unspecified atom stereocenters. The van der Waals surface area contributed by atoms with Crippen LogP contribution in [0.3, 0.4) is 0 Å². The first kappa shape index (κ1) is 22.1. The molecule has 0 atom stereocenters. The van der Waals surface area contributed by atoms with E-state index in [1.54, 1.807) is 24.3 Å². The molecule has 0 bridgehead atoms. The molecule has 1 heterocycles. The Balaban J connectivity index is 1.49. The molecule has 3 aromatic carbocycles. The summed E-state index contributed by atoms with van der Waals surface area (Å²) in [4.78, 5) is 12.4. The van der Waals surface area contributed by atoms with Crippen molar-refractivity contribution >= 4 is 34.1 Å². The first-order valence-corrected chi connectivity index (χ1v) is 11.3. The third kappa shape index (κ3) is 4.71. The molecular weight excluding hydrogens is 423 g/mol. The Morgan fingerprint density at radius 2 is 1.75 bits per heavy atom. The van der Waals surface area contributed by atoms with Gasteiger partial charge in [-0.1, -0.05) is 24.3 Å². The molecule has 1 aromatic heterocycles. The maximum absolute atomic E-state index is 13.3. The van der Waals surface area contributed by atoms with E-state index in [1.807, 2.05) is 12.1 Å². The number of alkyl halides is 1. The molecular formula is C27H26ClFN2O. The Morgan fingerprint density at radius 3 is 2.47 bits per heavy atom. The van der Waals surface area contributed by atoms with E-state index in [2.05, 4.69) is 41.9 Å². The molecule has 3 nitrogen and oxygen atoms in total. The van der Waals surface area contributed by atoms with Crippen molar-refractivity contribution in [3.8, 4) is 0 Å². The first-order chi connectivity index (χ1) is 15.5. The Hall–Kier alpha value is -3.11. The van der Waals surface area contributed by atoms with Crippen LogP contribution in [0.15, 0.2) is 66.7 Å². The minimum atomic E-state index is -0.380. The number of carbonyl (C=O) groups is 1. The van der Waals surface area contributed by atoms with Crippen molar-refractivity contribution in [3.63, 3.8) is 0 Å². The van der Waals surface area contributed by atoms with Crippen LogP contribution >= 0.6 is 11.6 Å². The topological polar surface area (TPSA) is 34.0 Å². The van der Waals surface area contributed by atoms with E-state index in [0.29, 0.717) is 17.1 Å². The van der Waals surface area contributed by atoms with Crippen molar-refractivity contribution in [3.05, 3.63) is 100 Å². The summed E-state index contributed by atoms with van der Waals surface area (Å²) in [5.41, 5.74) is 7.18. The second kappa shape index (κ2) is 9.58. The highest BCUT2D eigenvalue weighted by Gasteiger charge is 2.12. The molecule has 0 radical (unpaired) electrons. The van der Waals surface area contributed by atoms with E-state index < -0.39 is 0 Å². The van der Waals surface area contributed by atoms with Gasteiger partial charge in [0.2, 0.25) is 0 Å². The van der Waals surface area contributed by atoms with Crippen LogP contribution in [-0.4, -0.2) is 16.4 Å². The molecule has 0 aliphatic heterocycles. The molecule has 1 N–H and O–H groups in total. The van der Waals surface area contributed by atoms with Crippen LogP contribution in [-0.2, 0) is 13.0 Å². The van der Waals surface area contributed by atoms with Gasteiger partial charge in [-0.25, -0.2) is 4.39 Å². The minimum absolute atomic E-state index is 0.257. The standard InChI is InChI=1S/C27H26ClFN2O/c1-18-19(2)31(14-4-13-28)26-12-9-21(16-25(18)26)15-20-7-10-22(11-8-20)27(32)30-24-6-3-5-23(29)17-24/h3,5-12,16-17H,4,13-15H2,1-2H3,(H,30,32). The van der Waals surface area contributed by atoms with E-state index in [9.17, 15) is 9.18 Å². The SMILES string of the molecule is Cc1c(C)n(CCCCl)c2ccc(Cc3ccc(C(=O)Nc4cccc(F)c4)cc3)cc12. The fraction of sp³-hybridized carbons (Fsp3) is 0.222. The summed E-state index contributed by atoms with van der Waals surface area (Å²) < 4.78 is 15.7. The van der Waals surface area contributed by atoms with Gasteiger partial charge in [-0.05, 0) is 85.8 Å². The number of aromatic nitrogens is 1. The predicted molar refractivity (Wildman–Crippen MR) is 130 cm³/mol. The summed E-state index contributed by atoms with van der Waals surface area (Å²) >= 11 is 5.90. The first-order valence-electron chi connectivity index (χ1n) is 10.8. The summed E-state index contributed by atoms with van der Waals surface area (Å²) in [5.74, 6) is 0.0230. The maximum atomic E-state index is 13.3. The number of nitrogens with one attached hydrogen (secondary N) is 1. The Morgan fingerprint density at radius 1 is 1.00 bits per heavy atom. The zero-order chi connectivity index (χ0) is 22.7. The molecule has 0 aliphatic rings. The quantitative estimate of drug-likeness (QED) is 0.307. The number of benzene rings is 3. The molecule has 0 saturated heterocycles. The van der Waals surface area contributed by atoms with Gasteiger partial charge in [0, 0.05) is 40.3 Å². The van der Waals surface area contributed by atoms with Crippen LogP contribution < -0.4 is 5.32 Å². The summed E-state index contributed by atoms with van der Waals surface area (Å²) in [6.45, 7) is 5.26. The van der Waals surface area contributed by atoms with Crippen LogP contribution in [0.5, 0.6) is 0 Å². The highest BCUT2D eigenvalue weighted by Crippen LogP contribution is 2.27. The number of hydrogen-bond acceptors (Lipinski definition) is 1. The van der Waals surface area contributed by atoms with Gasteiger partial charge in [0.15, 0.2) is 0 Å². The molecule has 5 heteroatoms. The lowest BCUT2D eigenvalue weighted by molar-refractivity contribution is 0.102. The predicted octanol–water partition coefficient (Wildman–Crippen LogP) is 6.87. The molecule has 4 aromatic rings. The van der Waals surface area contributed by atoms with Crippen LogP contribution in [0, 0.1) is 19.7 Å². The second-order valence-corrected chi connectivity index (χ2v) is 8.47. The van der Waals surface area contributed by atoms with Gasteiger partial charge < -0.3 is 9.88 Å². The third-order valence-electron chi connectivity index (χ3n) is 5.93. The smallest absolute Gasteiger partial charge is 0.255 e. The summed E-state index contributed by atoms with van der Waals surface area (Å²) in [7, 11) is 0. The van der Waals surface area contributed by atoms with Gasteiger partial charge >= 0.3 is 0 Å². The fourth-order valence-electron chi connectivity index (χ4n) is 4.09. The van der Waals surface area contributed by atoms with E-state index in [4.69, 9.17) is 11.6 Å². The van der Waals surface area contributed by atoms with E-state index in [0.717, 1.165) is 24.9 Å². The van der Waals surface area contributed by atoms with Crippen molar-refractivity contribution in [2.45, 2.75) is 33.2 Å². The number of hydrogen-bond donors (Lipinski definition) is 1. The minimum Gasteiger partial charge on any atom is -0.345 e. The van der Waals surface area contributed by atoms with E-state index in [1.165, 1.54) is 39.9 Å². The highest BCUT2D eigenvalue weighted by molar-refractivity contribution is 6.17. The molecule has 164 valence electrons. The molecule has 0 spiro atoms.